The van der Waals surface area contributed by atoms with Crippen LogP contribution in [0.15, 0.2) is 34.6 Å². The number of aliphatic imine (C=N–C) groups is 1. The highest BCUT2D eigenvalue weighted by Crippen LogP contribution is 2.20. The van der Waals surface area contributed by atoms with E-state index in [-0.39, 0.29) is 0 Å². The zero-order valence-corrected chi connectivity index (χ0v) is 19.3. The third-order valence-electron chi connectivity index (χ3n) is 5.48. The Labute approximate surface area is 184 Å². The lowest BCUT2D eigenvalue weighted by Crippen LogP contribution is -2.39. The third-order valence-corrected chi connectivity index (χ3v) is 6.30. The summed E-state index contributed by atoms with van der Waals surface area (Å²) in [6, 6.07) is 8.25. The summed E-state index contributed by atoms with van der Waals surface area (Å²) < 4.78 is 5.22. The Morgan fingerprint density at radius 2 is 2.00 bits per heavy atom. The summed E-state index contributed by atoms with van der Waals surface area (Å²) in [7, 11) is 1.70. The number of benzene rings is 1. The van der Waals surface area contributed by atoms with Crippen molar-refractivity contribution in [3.63, 3.8) is 0 Å². The zero-order valence-electron chi connectivity index (χ0n) is 18.5. The fourth-order valence-electron chi connectivity index (χ4n) is 3.72. The van der Waals surface area contributed by atoms with Crippen molar-refractivity contribution in [2.75, 3.05) is 39.8 Å². The number of hydrogen-bond acceptors (Lipinski definition) is 5. The van der Waals surface area contributed by atoms with E-state index in [0.717, 1.165) is 62.4 Å². The monoisotopic (exact) mass is 429 g/mol. The number of rotatable bonds is 9. The zero-order chi connectivity index (χ0) is 21.2. The van der Waals surface area contributed by atoms with Gasteiger partial charge in [0.25, 0.3) is 0 Å². The number of methoxy groups -OCH3 is 1. The lowest BCUT2D eigenvalue weighted by molar-refractivity contribution is 0.179. The van der Waals surface area contributed by atoms with E-state index in [4.69, 9.17) is 9.73 Å². The number of ether oxygens (including phenoxy) is 1. The summed E-state index contributed by atoms with van der Waals surface area (Å²) in [5.74, 6) is 2.48. The Balaban J connectivity index is 1.39. The molecule has 2 aromatic rings. The number of aromatic nitrogens is 1. The molecule has 7 heteroatoms. The Morgan fingerprint density at radius 3 is 2.63 bits per heavy atom. The van der Waals surface area contributed by atoms with E-state index in [2.05, 4.69) is 51.9 Å². The molecule has 0 spiro atoms. The van der Waals surface area contributed by atoms with Gasteiger partial charge in [-0.3, -0.25) is 9.89 Å². The third kappa shape index (κ3) is 7.29. The molecule has 0 atom stereocenters. The first-order valence-electron chi connectivity index (χ1n) is 10.9. The van der Waals surface area contributed by atoms with Gasteiger partial charge >= 0.3 is 0 Å². The van der Waals surface area contributed by atoms with E-state index >= 15 is 0 Å². The second kappa shape index (κ2) is 11.9. The number of likely N-dealkylation sites (tertiary alicyclic amines) is 1. The number of guanidine groups is 1. The maximum atomic E-state index is 5.22. The van der Waals surface area contributed by atoms with Crippen LogP contribution in [0.3, 0.4) is 0 Å². The fourth-order valence-corrected chi connectivity index (χ4v) is 4.32. The molecule has 1 aromatic heterocycles. The standard InChI is InChI=1S/C23H35N5OS/c1-4-24-23(25-12-9-19-5-7-22(29-3)8-6-19)26-15-20-10-13-28(14-11-20)16-21-17-30-18(2)27-21/h5-8,17,20H,4,9-16H2,1-3H3,(H2,24,25,26). The van der Waals surface area contributed by atoms with Crippen molar-refractivity contribution in [3.8, 4) is 5.75 Å². The van der Waals surface area contributed by atoms with Crippen LogP contribution in [0, 0.1) is 12.8 Å². The molecule has 0 bridgehead atoms. The first-order chi connectivity index (χ1) is 14.7. The van der Waals surface area contributed by atoms with Crippen LogP contribution in [0.4, 0.5) is 0 Å². The molecule has 1 saturated heterocycles. The van der Waals surface area contributed by atoms with Gasteiger partial charge < -0.3 is 15.4 Å². The molecule has 1 aliphatic heterocycles. The molecule has 2 N–H and O–H groups in total. The lowest BCUT2D eigenvalue weighted by atomic mass is 9.97. The quantitative estimate of drug-likeness (QED) is 0.472. The van der Waals surface area contributed by atoms with E-state index in [9.17, 15) is 0 Å². The molecule has 0 radical (unpaired) electrons. The van der Waals surface area contributed by atoms with Gasteiger partial charge in [0.2, 0.25) is 0 Å². The molecule has 1 fully saturated rings. The average molecular weight is 430 g/mol. The van der Waals surface area contributed by atoms with Crippen molar-refractivity contribution in [3.05, 3.63) is 45.9 Å². The first kappa shape index (κ1) is 22.6. The Hall–Kier alpha value is -2.12. The summed E-state index contributed by atoms with van der Waals surface area (Å²) in [6.45, 7) is 10.1. The van der Waals surface area contributed by atoms with Crippen molar-refractivity contribution >= 4 is 17.3 Å². The normalized spacial score (nSPS) is 15.9. The van der Waals surface area contributed by atoms with E-state index < -0.39 is 0 Å². The topological polar surface area (TPSA) is 61.8 Å². The smallest absolute Gasteiger partial charge is 0.191 e. The van der Waals surface area contributed by atoms with Crippen LogP contribution >= 0.6 is 11.3 Å². The van der Waals surface area contributed by atoms with Crippen molar-refractivity contribution < 1.29 is 4.74 Å². The number of hydrogen-bond donors (Lipinski definition) is 2. The summed E-state index contributed by atoms with van der Waals surface area (Å²) in [6.07, 6.45) is 3.37. The van der Waals surface area contributed by atoms with Gasteiger partial charge in [-0.25, -0.2) is 4.98 Å². The molecule has 2 heterocycles. The highest BCUT2D eigenvalue weighted by atomic mass is 32.1. The van der Waals surface area contributed by atoms with Gasteiger partial charge in [0.15, 0.2) is 5.96 Å². The summed E-state index contributed by atoms with van der Waals surface area (Å²) in [5, 5.41) is 10.2. The van der Waals surface area contributed by atoms with E-state index in [1.165, 1.54) is 24.1 Å². The number of thiazole rings is 1. The molecular formula is C23H35N5OS. The van der Waals surface area contributed by atoms with Crippen LogP contribution in [0.2, 0.25) is 0 Å². The molecule has 0 saturated carbocycles. The van der Waals surface area contributed by atoms with Gasteiger partial charge in [0.05, 0.1) is 17.8 Å². The van der Waals surface area contributed by atoms with Gasteiger partial charge in [-0.2, -0.15) is 0 Å². The maximum Gasteiger partial charge on any atom is 0.191 e. The highest BCUT2D eigenvalue weighted by Gasteiger charge is 2.19. The van der Waals surface area contributed by atoms with Gasteiger partial charge in [0, 0.05) is 31.6 Å². The largest absolute Gasteiger partial charge is 0.497 e. The molecule has 164 valence electrons. The SMILES string of the molecule is CCNC(=NCC1CCN(Cc2csc(C)n2)CC1)NCCc1ccc(OC)cc1. The van der Waals surface area contributed by atoms with Gasteiger partial charge in [-0.1, -0.05) is 12.1 Å². The van der Waals surface area contributed by atoms with Crippen LogP contribution < -0.4 is 15.4 Å². The predicted octanol–water partition coefficient (Wildman–Crippen LogP) is 3.47. The lowest BCUT2D eigenvalue weighted by Gasteiger charge is -2.30. The van der Waals surface area contributed by atoms with Crippen molar-refractivity contribution in [2.24, 2.45) is 10.9 Å². The number of nitrogens with zero attached hydrogens (tertiary/aromatic N) is 3. The number of nitrogens with one attached hydrogen (secondary N) is 2. The van der Waals surface area contributed by atoms with Crippen LogP contribution in [-0.4, -0.2) is 55.7 Å². The van der Waals surface area contributed by atoms with Crippen LogP contribution in [0.5, 0.6) is 5.75 Å². The minimum Gasteiger partial charge on any atom is -0.497 e. The predicted molar refractivity (Wildman–Crippen MR) is 126 cm³/mol. The van der Waals surface area contributed by atoms with Crippen LogP contribution in [0.25, 0.3) is 0 Å². The molecule has 1 aliphatic rings. The van der Waals surface area contributed by atoms with Gasteiger partial charge in [-0.05, 0) is 69.8 Å². The maximum absolute atomic E-state index is 5.22. The minimum absolute atomic E-state index is 0.662. The molecule has 30 heavy (non-hydrogen) atoms. The first-order valence-corrected chi connectivity index (χ1v) is 11.8. The molecule has 0 amide bonds. The van der Waals surface area contributed by atoms with Gasteiger partial charge in [-0.15, -0.1) is 11.3 Å². The molecular weight excluding hydrogens is 394 g/mol. The molecule has 0 unspecified atom stereocenters. The fraction of sp³-hybridized carbons (Fsp3) is 0.565. The molecule has 0 aliphatic carbocycles. The van der Waals surface area contributed by atoms with Gasteiger partial charge in [0.1, 0.15) is 5.75 Å². The number of piperidine rings is 1. The number of aryl methyl sites for hydroxylation is 1. The molecule has 1 aromatic carbocycles. The van der Waals surface area contributed by atoms with E-state index in [1.54, 1.807) is 18.4 Å². The molecule has 6 nitrogen and oxygen atoms in total. The average Bonchev–Trinajstić information content (AvgIpc) is 3.18. The molecule has 3 rings (SSSR count). The summed E-state index contributed by atoms with van der Waals surface area (Å²) >= 11 is 1.74. The minimum atomic E-state index is 0.662. The highest BCUT2D eigenvalue weighted by molar-refractivity contribution is 7.09. The van der Waals surface area contributed by atoms with Crippen molar-refractivity contribution in [1.82, 2.24) is 20.5 Å². The van der Waals surface area contributed by atoms with E-state index in [1.807, 2.05) is 12.1 Å². The summed E-state index contributed by atoms with van der Waals surface area (Å²) in [5.41, 5.74) is 2.51. The van der Waals surface area contributed by atoms with E-state index in [0.29, 0.717) is 5.92 Å². The van der Waals surface area contributed by atoms with Crippen LogP contribution in [0.1, 0.15) is 36.0 Å². The second-order valence-electron chi connectivity index (χ2n) is 7.82. The Kier molecular flexibility index (Phi) is 8.96. The Bertz CT molecular complexity index is 781. The second-order valence-corrected chi connectivity index (χ2v) is 8.88. The summed E-state index contributed by atoms with van der Waals surface area (Å²) in [4.78, 5) is 12.0. The van der Waals surface area contributed by atoms with Crippen molar-refractivity contribution in [2.45, 2.75) is 39.7 Å². The van der Waals surface area contributed by atoms with Crippen LogP contribution in [-0.2, 0) is 13.0 Å². The van der Waals surface area contributed by atoms with Crippen molar-refractivity contribution in [1.29, 1.82) is 0 Å². The Morgan fingerprint density at radius 1 is 1.23 bits per heavy atom.